The van der Waals surface area contributed by atoms with Crippen LogP contribution in [0.4, 0.5) is 5.69 Å². The maximum atomic E-state index is 13.5. The van der Waals surface area contributed by atoms with E-state index in [-0.39, 0.29) is 46.0 Å². The standard InChI is InChI=1S/C26H29NO5/c1-14(2)6-12-18-21(28)19(13-7-15(3)4)25-20(22(18)29)23(30)26(31-5)24(32-25)16-8-10-17(27)11-9-16/h6-11,28-29H,12-13,27H2,1-5H3. The van der Waals surface area contributed by atoms with Gasteiger partial charge in [0.25, 0.3) is 0 Å². The van der Waals surface area contributed by atoms with Gasteiger partial charge in [0.1, 0.15) is 22.5 Å². The molecule has 0 unspecified atom stereocenters. The summed E-state index contributed by atoms with van der Waals surface area (Å²) in [4.78, 5) is 13.5. The molecule has 0 atom stereocenters. The number of hydrogen-bond acceptors (Lipinski definition) is 6. The third-order valence-corrected chi connectivity index (χ3v) is 5.25. The Morgan fingerprint density at radius 3 is 2.06 bits per heavy atom. The molecule has 0 spiro atoms. The molecule has 0 saturated carbocycles. The van der Waals surface area contributed by atoms with E-state index < -0.39 is 5.43 Å². The van der Waals surface area contributed by atoms with Crippen molar-refractivity contribution < 1.29 is 19.4 Å². The van der Waals surface area contributed by atoms with Crippen LogP contribution >= 0.6 is 0 Å². The lowest BCUT2D eigenvalue weighted by Gasteiger charge is -2.16. The summed E-state index contributed by atoms with van der Waals surface area (Å²) in [6.45, 7) is 7.75. The fraction of sp³-hybridized carbons (Fsp3) is 0.269. The van der Waals surface area contributed by atoms with Gasteiger partial charge < -0.3 is 25.1 Å². The minimum atomic E-state index is -0.505. The van der Waals surface area contributed by atoms with Gasteiger partial charge in [-0.05, 0) is 64.8 Å². The van der Waals surface area contributed by atoms with E-state index in [0.29, 0.717) is 23.2 Å². The van der Waals surface area contributed by atoms with Gasteiger partial charge in [-0.2, -0.15) is 0 Å². The van der Waals surface area contributed by atoms with Crippen molar-refractivity contribution in [1.82, 2.24) is 0 Å². The van der Waals surface area contributed by atoms with Gasteiger partial charge in [0.05, 0.1) is 7.11 Å². The van der Waals surface area contributed by atoms with Crippen LogP contribution < -0.4 is 15.9 Å². The predicted molar refractivity (Wildman–Crippen MR) is 128 cm³/mol. The summed E-state index contributed by atoms with van der Waals surface area (Å²) in [5.41, 5.74) is 9.38. The molecule has 0 fully saturated rings. The number of aromatic hydroxyl groups is 2. The number of phenolic OH excluding ortho intramolecular Hbond substituents is 2. The van der Waals surface area contributed by atoms with E-state index in [9.17, 15) is 15.0 Å². The molecule has 0 saturated heterocycles. The Labute approximate surface area is 187 Å². The minimum Gasteiger partial charge on any atom is -0.507 e. The van der Waals surface area contributed by atoms with Crippen LogP contribution in [-0.2, 0) is 12.8 Å². The van der Waals surface area contributed by atoms with E-state index in [0.717, 1.165) is 11.1 Å². The van der Waals surface area contributed by atoms with E-state index in [1.165, 1.54) is 7.11 Å². The lowest BCUT2D eigenvalue weighted by Crippen LogP contribution is -2.10. The van der Waals surface area contributed by atoms with Crippen molar-refractivity contribution >= 4 is 16.7 Å². The first-order valence-electron chi connectivity index (χ1n) is 10.4. The fourth-order valence-electron chi connectivity index (χ4n) is 3.50. The van der Waals surface area contributed by atoms with Crippen molar-refractivity contribution in [1.29, 1.82) is 0 Å². The molecular formula is C26H29NO5. The molecule has 4 N–H and O–H groups in total. The molecular weight excluding hydrogens is 406 g/mol. The molecule has 1 heterocycles. The van der Waals surface area contributed by atoms with Crippen molar-refractivity contribution in [2.45, 2.75) is 40.5 Å². The average molecular weight is 436 g/mol. The Balaban J connectivity index is 2.45. The molecule has 0 aliphatic heterocycles. The molecule has 1 aromatic heterocycles. The third-order valence-electron chi connectivity index (χ3n) is 5.25. The SMILES string of the molecule is COc1c(-c2ccc(N)cc2)oc2c(CC=C(C)C)c(O)c(CC=C(C)C)c(O)c2c1=O. The molecule has 0 bridgehead atoms. The number of ether oxygens (including phenoxy) is 1. The quantitative estimate of drug-likeness (QED) is 0.350. The number of nitrogen functional groups attached to an aromatic ring is 1. The summed E-state index contributed by atoms with van der Waals surface area (Å²) in [6, 6.07) is 6.84. The zero-order chi connectivity index (χ0) is 23.6. The van der Waals surface area contributed by atoms with Gasteiger partial charge in [0, 0.05) is 22.4 Å². The highest BCUT2D eigenvalue weighted by Gasteiger charge is 2.26. The Hall–Kier alpha value is -3.67. The topological polar surface area (TPSA) is 106 Å². The fourth-order valence-corrected chi connectivity index (χ4v) is 3.50. The van der Waals surface area contributed by atoms with Crippen molar-refractivity contribution in [3.05, 3.63) is 68.9 Å². The summed E-state index contributed by atoms with van der Waals surface area (Å²) in [5.74, 6) is -0.197. The molecule has 3 rings (SSSR count). The van der Waals surface area contributed by atoms with Gasteiger partial charge in [0.2, 0.25) is 11.2 Å². The van der Waals surface area contributed by atoms with E-state index in [4.69, 9.17) is 14.9 Å². The molecule has 32 heavy (non-hydrogen) atoms. The summed E-state index contributed by atoms with van der Waals surface area (Å²) < 4.78 is 11.6. The zero-order valence-corrected chi connectivity index (χ0v) is 19.1. The summed E-state index contributed by atoms with van der Waals surface area (Å²) >= 11 is 0. The van der Waals surface area contributed by atoms with Crippen molar-refractivity contribution in [3.63, 3.8) is 0 Å². The van der Waals surface area contributed by atoms with Crippen LogP contribution in [0.15, 0.2) is 56.8 Å². The molecule has 0 aliphatic carbocycles. The van der Waals surface area contributed by atoms with Gasteiger partial charge in [-0.1, -0.05) is 23.3 Å². The van der Waals surface area contributed by atoms with Gasteiger partial charge in [-0.3, -0.25) is 4.79 Å². The van der Waals surface area contributed by atoms with Crippen LogP contribution in [0.25, 0.3) is 22.3 Å². The molecule has 2 aromatic carbocycles. The number of hydrogen-bond donors (Lipinski definition) is 3. The average Bonchev–Trinajstić information content (AvgIpc) is 2.73. The van der Waals surface area contributed by atoms with Gasteiger partial charge in [-0.15, -0.1) is 0 Å². The molecule has 0 amide bonds. The summed E-state index contributed by atoms with van der Waals surface area (Å²) in [5, 5.41) is 22.1. The second-order valence-electron chi connectivity index (χ2n) is 8.25. The molecule has 6 heteroatoms. The number of benzene rings is 2. The van der Waals surface area contributed by atoms with E-state index in [2.05, 4.69) is 0 Å². The second kappa shape index (κ2) is 9.22. The Bertz CT molecular complexity index is 1270. The second-order valence-corrected chi connectivity index (χ2v) is 8.25. The summed E-state index contributed by atoms with van der Waals surface area (Å²) in [6.07, 6.45) is 4.43. The van der Waals surface area contributed by atoms with E-state index in [1.807, 2.05) is 39.8 Å². The highest BCUT2D eigenvalue weighted by atomic mass is 16.5. The Morgan fingerprint density at radius 2 is 1.53 bits per heavy atom. The van der Waals surface area contributed by atoms with Crippen LogP contribution in [0.5, 0.6) is 17.2 Å². The van der Waals surface area contributed by atoms with Crippen molar-refractivity contribution in [2.75, 3.05) is 12.8 Å². The van der Waals surface area contributed by atoms with Crippen LogP contribution in [-0.4, -0.2) is 17.3 Å². The maximum Gasteiger partial charge on any atom is 0.239 e. The first-order valence-corrected chi connectivity index (χ1v) is 10.4. The number of methoxy groups -OCH3 is 1. The maximum absolute atomic E-state index is 13.5. The van der Waals surface area contributed by atoms with Crippen LogP contribution in [0.1, 0.15) is 38.8 Å². The monoisotopic (exact) mass is 435 g/mol. The van der Waals surface area contributed by atoms with E-state index in [1.54, 1.807) is 24.3 Å². The van der Waals surface area contributed by atoms with Crippen LogP contribution in [0.2, 0.25) is 0 Å². The molecule has 6 nitrogen and oxygen atoms in total. The number of fused-ring (bicyclic) bond motifs is 1. The molecule has 0 radical (unpaired) electrons. The number of phenols is 2. The molecule has 0 aliphatic rings. The number of rotatable bonds is 6. The number of anilines is 1. The van der Waals surface area contributed by atoms with Crippen LogP contribution in [0, 0.1) is 0 Å². The number of allylic oxidation sites excluding steroid dienone is 4. The highest BCUT2D eigenvalue weighted by molar-refractivity contribution is 5.93. The normalized spacial score (nSPS) is 10.8. The van der Waals surface area contributed by atoms with Crippen molar-refractivity contribution in [3.8, 4) is 28.6 Å². The minimum absolute atomic E-state index is 0.00634. The first-order chi connectivity index (χ1) is 15.1. The van der Waals surface area contributed by atoms with E-state index >= 15 is 0 Å². The van der Waals surface area contributed by atoms with Gasteiger partial charge in [0.15, 0.2) is 5.76 Å². The highest BCUT2D eigenvalue weighted by Crippen LogP contribution is 2.42. The van der Waals surface area contributed by atoms with Gasteiger partial charge >= 0.3 is 0 Å². The smallest absolute Gasteiger partial charge is 0.239 e. The summed E-state index contributed by atoms with van der Waals surface area (Å²) in [7, 11) is 1.38. The largest absolute Gasteiger partial charge is 0.507 e. The molecule has 168 valence electrons. The van der Waals surface area contributed by atoms with Gasteiger partial charge in [-0.25, -0.2) is 0 Å². The zero-order valence-electron chi connectivity index (χ0n) is 19.1. The number of nitrogens with two attached hydrogens (primary N) is 1. The lowest BCUT2D eigenvalue weighted by atomic mass is 9.96. The lowest BCUT2D eigenvalue weighted by molar-refractivity contribution is 0.396. The predicted octanol–water partition coefficient (Wildman–Crippen LogP) is 5.48. The Morgan fingerprint density at radius 1 is 0.969 bits per heavy atom. The third kappa shape index (κ3) is 4.35. The Kier molecular flexibility index (Phi) is 6.63. The van der Waals surface area contributed by atoms with Crippen molar-refractivity contribution in [2.24, 2.45) is 0 Å². The van der Waals surface area contributed by atoms with Crippen LogP contribution in [0.3, 0.4) is 0 Å². The molecule has 3 aromatic rings. The first kappa shape index (κ1) is 23.0.